The zero-order chi connectivity index (χ0) is 25.6. The van der Waals surface area contributed by atoms with Gasteiger partial charge < -0.3 is 10.1 Å². The number of benzene rings is 2. The van der Waals surface area contributed by atoms with Crippen LogP contribution in [0.3, 0.4) is 0 Å². The van der Waals surface area contributed by atoms with Crippen molar-refractivity contribution in [2.75, 3.05) is 25.2 Å². The highest BCUT2D eigenvalue weighted by atomic mass is 32.2. The molecule has 0 radical (unpaired) electrons. The average Bonchev–Trinajstić information content (AvgIpc) is 2.86. The number of allylic oxidation sites excluding steroid dienone is 1. The van der Waals surface area contributed by atoms with E-state index in [0.717, 1.165) is 0 Å². The van der Waals surface area contributed by atoms with Crippen LogP contribution in [0, 0.1) is 22.7 Å². The van der Waals surface area contributed by atoms with Crippen LogP contribution in [0.4, 0.5) is 14.9 Å². The van der Waals surface area contributed by atoms with Gasteiger partial charge in [0.05, 0.1) is 39.9 Å². The first-order valence-electron chi connectivity index (χ1n) is 10.7. The van der Waals surface area contributed by atoms with Crippen molar-refractivity contribution in [3.05, 3.63) is 70.4 Å². The number of hydrogen-bond donors (Lipinski definition) is 2. The molecular weight excluding hydrogens is 473 g/mol. The summed E-state index contributed by atoms with van der Waals surface area (Å²) in [5.74, 6) is 0. The van der Waals surface area contributed by atoms with E-state index in [1.165, 1.54) is 36.3 Å². The van der Waals surface area contributed by atoms with Crippen molar-refractivity contribution < 1.29 is 22.3 Å². The molecule has 2 amide bonds. The van der Waals surface area contributed by atoms with E-state index >= 15 is 0 Å². The van der Waals surface area contributed by atoms with Crippen molar-refractivity contribution in [1.82, 2.24) is 10.0 Å². The van der Waals surface area contributed by atoms with E-state index in [9.17, 15) is 28.1 Å². The van der Waals surface area contributed by atoms with Crippen LogP contribution >= 0.6 is 0 Å². The van der Waals surface area contributed by atoms with Crippen LogP contribution in [0.2, 0.25) is 0 Å². The lowest BCUT2D eigenvalue weighted by atomic mass is 9.94. The summed E-state index contributed by atoms with van der Waals surface area (Å²) in [6.45, 7) is 1.30. The lowest BCUT2D eigenvalue weighted by Crippen LogP contribution is -2.47. The van der Waals surface area contributed by atoms with Gasteiger partial charge in [-0.25, -0.2) is 22.3 Å². The SMILES string of the molecule is COCCCNS(=O)(=O)c1cc(C#N)ccc1[C@H]1NC(=O)N(c2cccc(CF)c2)C(C)=C1C#N. The molecule has 1 aliphatic heterocycles. The number of carbonyl (C=O) groups is 1. The van der Waals surface area contributed by atoms with Crippen LogP contribution < -0.4 is 14.9 Å². The van der Waals surface area contributed by atoms with Crippen LogP contribution in [0.1, 0.15) is 36.1 Å². The van der Waals surface area contributed by atoms with Gasteiger partial charge in [0.15, 0.2) is 0 Å². The molecule has 3 rings (SSSR count). The van der Waals surface area contributed by atoms with E-state index in [0.29, 0.717) is 24.3 Å². The summed E-state index contributed by atoms with van der Waals surface area (Å²) in [5.41, 5.74) is 1.37. The van der Waals surface area contributed by atoms with Gasteiger partial charge in [-0.1, -0.05) is 18.2 Å². The summed E-state index contributed by atoms with van der Waals surface area (Å²) in [5, 5.41) is 22.0. The Balaban J connectivity index is 2.10. The smallest absolute Gasteiger partial charge is 0.327 e. The van der Waals surface area contributed by atoms with Gasteiger partial charge >= 0.3 is 6.03 Å². The Hall–Kier alpha value is -3.77. The molecule has 0 aromatic heterocycles. The van der Waals surface area contributed by atoms with Gasteiger partial charge in [0.2, 0.25) is 10.0 Å². The van der Waals surface area contributed by atoms with Crippen LogP contribution in [0.25, 0.3) is 0 Å². The number of amides is 2. The molecular formula is C24H24FN5O4S. The molecule has 0 saturated heterocycles. The van der Waals surface area contributed by atoms with E-state index in [4.69, 9.17) is 4.74 Å². The van der Waals surface area contributed by atoms with Crippen molar-refractivity contribution in [3.63, 3.8) is 0 Å². The molecule has 0 saturated carbocycles. The fourth-order valence-electron chi connectivity index (χ4n) is 3.79. The number of ether oxygens (including phenoxy) is 1. The number of halogens is 1. The van der Waals surface area contributed by atoms with E-state index in [2.05, 4.69) is 16.1 Å². The second kappa shape index (κ2) is 11.1. The fourth-order valence-corrected chi connectivity index (χ4v) is 5.13. The van der Waals surface area contributed by atoms with Crippen molar-refractivity contribution in [1.29, 1.82) is 10.5 Å². The van der Waals surface area contributed by atoms with Gasteiger partial charge in [-0.05, 0) is 48.7 Å². The van der Waals surface area contributed by atoms with Crippen molar-refractivity contribution in [3.8, 4) is 12.1 Å². The van der Waals surface area contributed by atoms with Crippen LogP contribution in [0.5, 0.6) is 0 Å². The summed E-state index contributed by atoms with van der Waals surface area (Å²) in [4.78, 5) is 14.2. The number of hydrogen-bond acceptors (Lipinski definition) is 6. The second-order valence-corrected chi connectivity index (χ2v) is 9.48. The second-order valence-electron chi connectivity index (χ2n) is 7.74. The van der Waals surface area contributed by atoms with Crippen molar-refractivity contribution >= 4 is 21.7 Å². The molecule has 2 aromatic carbocycles. The molecule has 0 spiro atoms. The first-order chi connectivity index (χ1) is 16.8. The highest BCUT2D eigenvalue weighted by Gasteiger charge is 2.36. The summed E-state index contributed by atoms with van der Waals surface area (Å²) < 4.78 is 46.8. The van der Waals surface area contributed by atoms with Crippen molar-refractivity contribution in [2.24, 2.45) is 0 Å². The predicted molar refractivity (Wildman–Crippen MR) is 126 cm³/mol. The van der Waals surface area contributed by atoms with Gasteiger partial charge in [0, 0.05) is 26.0 Å². The molecule has 1 atom stereocenters. The lowest BCUT2D eigenvalue weighted by Gasteiger charge is -2.34. The number of nitrogens with zero attached hydrogens (tertiary/aromatic N) is 3. The van der Waals surface area contributed by atoms with Gasteiger partial charge in [-0.2, -0.15) is 10.5 Å². The van der Waals surface area contributed by atoms with E-state index in [1.54, 1.807) is 25.1 Å². The number of nitrogens with one attached hydrogen (secondary N) is 2. The van der Waals surface area contributed by atoms with Gasteiger partial charge in [0.25, 0.3) is 0 Å². The van der Waals surface area contributed by atoms with Crippen molar-refractivity contribution in [2.45, 2.75) is 31.0 Å². The Kier molecular flexibility index (Phi) is 8.20. The third-order valence-electron chi connectivity index (χ3n) is 5.49. The summed E-state index contributed by atoms with van der Waals surface area (Å²) in [6.07, 6.45) is 0.429. The highest BCUT2D eigenvalue weighted by Crippen LogP contribution is 2.36. The first-order valence-corrected chi connectivity index (χ1v) is 12.1. The molecule has 2 aromatic rings. The molecule has 0 fully saturated rings. The van der Waals surface area contributed by atoms with Gasteiger partial charge in [0.1, 0.15) is 6.67 Å². The molecule has 0 unspecified atom stereocenters. The minimum Gasteiger partial charge on any atom is -0.385 e. The first kappa shape index (κ1) is 25.8. The number of nitriles is 2. The minimum absolute atomic E-state index is 0.0993. The topological polar surface area (TPSA) is 135 Å². The van der Waals surface area contributed by atoms with Crippen LogP contribution in [-0.4, -0.2) is 34.7 Å². The number of alkyl halides is 1. The van der Waals surface area contributed by atoms with E-state index in [-0.39, 0.29) is 33.8 Å². The Bertz CT molecular complexity index is 1340. The zero-order valence-corrected chi connectivity index (χ0v) is 20.0. The standard InChI is InChI=1S/C24H24FN5O4S/c1-16-21(15-27)23(29-24(31)30(16)19-6-3-5-17(11-19)13-25)20-8-7-18(14-26)12-22(20)35(32,33)28-9-4-10-34-2/h3,5-8,11-12,23,28H,4,9-10,13H2,1-2H3,(H,29,31)/t23-/m1/s1. The normalized spacial score (nSPS) is 16.0. The molecule has 1 heterocycles. The molecule has 2 N–H and O–H groups in total. The largest absolute Gasteiger partial charge is 0.385 e. The number of urea groups is 1. The minimum atomic E-state index is -4.09. The maximum absolute atomic E-state index is 13.2. The molecule has 182 valence electrons. The fraction of sp³-hybridized carbons (Fsp3) is 0.292. The van der Waals surface area contributed by atoms with E-state index in [1.807, 2.05) is 6.07 Å². The maximum Gasteiger partial charge on any atom is 0.327 e. The molecule has 0 aliphatic carbocycles. The predicted octanol–water partition coefficient (Wildman–Crippen LogP) is 3.41. The number of anilines is 1. The summed E-state index contributed by atoms with van der Waals surface area (Å²) in [6, 6.07) is 12.6. The number of methoxy groups -OCH3 is 1. The number of sulfonamides is 1. The molecule has 35 heavy (non-hydrogen) atoms. The Morgan fingerprint density at radius 2 is 1.97 bits per heavy atom. The van der Waals surface area contributed by atoms with Crippen LogP contribution in [0.15, 0.2) is 58.6 Å². The highest BCUT2D eigenvalue weighted by molar-refractivity contribution is 7.89. The Morgan fingerprint density at radius 1 is 1.20 bits per heavy atom. The number of carbonyl (C=O) groups excluding carboxylic acids is 1. The molecule has 1 aliphatic rings. The zero-order valence-electron chi connectivity index (χ0n) is 19.2. The Labute approximate surface area is 203 Å². The van der Waals surface area contributed by atoms with Gasteiger partial charge in [-0.15, -0.1) is 0 Å². The van der Waals surface area contributed by atoms with E-state index < -0.39 is 28.8 Å². The monoisotopic (exact) mass is 497 g/mol. The Morgan fingerprint density at radius 3 is 2.63 bits per heavy atom. The maximum atomic E-state index is 13.2. The third-order valence-corrected chi connectivity index (χ3v) is 7.01. The van der Waals surface area contributed by atoms with Gasteiger partial charge in [-0.3, -0.25) is 4.90 Å². The lowest BCUT2D eigenvalue weighted by molar-refractivity contribution is 0.196. The van der Waals surface area contributed by atoms with Crippen LogP contribution in [-0.2, 0) is 21.4 Å². The number of rotatable bonds is 9. The summed E-state index contributed by atoms with van der Waals surface area (Å²) in [7, 11) is -2.59. The summed E-state index contributed by atoms with van der Waals surface area (Å²) >= 11 is 0. The molecule has 0 bridgehead atoms. The quantitative estimate of drug-likeness (QED) is 0.510. The average molecular weight is 498 g/mol. The molecule has 9 nitrogen and oxygen atoms in total. The molecule has 11 heteroatoms. The third kappa shape index (κ3) is 5.49.